The van der Waals surface area contributed by atoms with Crippen molar-refractivity contribution in [2.24, 2.45) is 0 Å². The summed E-state index contributed by atoms with van der Waals surface area (Å²) in [5.74, 6) is -0.399. The summed E-state index contributed by atoms with van der Waals surface area (Å²) in [4.78, 5) is 17.1. The van der Waals surface area contributed by atoms with Crippen LogP contribution in [0.2, 0.25) is 0 Å². The van der Waals surface area contributed by atoms with Gasteiger partial charge in [0.15, 0.2) is 0 Å². The van der Waals surface area contributed by atoms with Crippen LogP contribution in [-0.2, 0) is 20.7 Å². The van der Waals surface area contributed by atoms with Gasteiger partial charge in [-0.3, -0.25) is 9.78 Å². The lowest BCUT2D eigenvalue weighted by atomic mass is 9.93. The Labute approximate surface area is 201 Å². The zero-order valence-electron chi connectivity index (χ0n) is 19.4. The van der Waals surface area contributed by atoms with Gasteiger partial charge in [0.1, 0.15) is 35.5 Å². The number of hydrogen-bond acceptors (Lipinski definition) is 7. The van der Waals surface area contributed by atoms with E-state index in [9.17, 15) is 24.5 Å². The first-order chi connectivity index (χ1) is 16.7. The first kappa shape index (κ1) is 23.6. The summed E-state index contributed by atoms with van der Waals surface area (Å²) in [6.07, 6.45) is 0.966. The number of allylic oxidation sites excluding steroid dienone is 1. The number of halogens is 1. The Morgan fingerprint density at radius 2 is 1.91 bits per heavy atom. The van der Waals surface area contributed by atoms with E-state index in [4.69, 9.17) is 9.47 Å². The number of pyridine rings is 1. The number of aromatic nitrogens is 1. The first-order valence-electron chi connectivity index (χ1n) is 11.5. The number of carbonyl (C=O) groups is 1. The normalized spacial score (nSPS) is 29.1. The fourth-order valence-corrected chi connectivity index (χ4v) is 4.84. The highest BCUT2D eigenvalue weighted by atomic mass is 19.1. The Kier molecular flexibility index (Phi) is 5.96. The largest absolute Gasteiger partial charge is 0.482 e. The van der Waals surface area contributed by atoms with Gasteiger partial charge in [0.2, 0.25) is 0 Å². The topological polar surface area (TPSA) is 121 Å². The fourth-order valence-electron chi connectivity index (χ4n) is 4.84. The molecule has 9 heteroatoms. The zero-order valence-corrected chi connectivity index (χ0v) is 19.4. The van der Waals surface area contributed by atoms with E-state index in [1.807, 2.05) is 26.0 Å². The number of aliphatic hydroxyl groups excluding tert-OH is 3. The van der Waals surface area contributed by atoms with Crippen LogP contribution in [0.25, 0.3) is 11.1 Å². The van der Waals surface area contributed by atoms with Gasteiger partial charge < -0.3 is 30.1 Å². The molecule has 1 saturated heterocycles. The van der Waals surface area contributed by atoms with E-state index in [1.165, 1.54) is 18.2 Å². The van der Waals surface area contributed by atoms with Crippen molar-refractivity contribution in [3.63, 3.8) is 0 Å². The maximum absolute atomic E-state index is 13.8. The second-order valence-corrected chi connectivity index (χ2v) is 9.51. The van der Waals surface area contributed by atoms with Gasteiger partial charge in [-0.05, 0) is 57.0 Å². The van der Waals surface area contributed by atoms with Gasteiger partial charge in [0.05, 0.1) is 18.3 Å². The molecule has 4 N–H and O–H groups in total. The lowest BCUT2D eigenvalue weighted by molar-refractivity contribution is -0.111. The lowest BCUT2D eigenvalue weighted by Crippen LogP contribution is -2.33. The van der Waals surface area contributed by atoms with Gasteiger partial charge in [-0.15, -0.1) is 0 Å². The molecule has 3 aliphatic heterocycles. The van der Waals surface area contributed by atoms with Crippen molar-refractivity contribution >= 4 is 22.7 Å². The third-order valence-corrected chi connectivity index (χ3v) is 6.72. The van der Waals surface area contributed by atoms with Crippen LogP contribution in [0.3, 0.4) is 0 Å². The van der Waals surface area contributed by atoms with Crippen LogP contribution in [0.4, 0.5) is 10.1 Å². The van der Waals surface area contributed by atoms with Crippen molar-refractivity contribution < 1.29 is 34.0 Å². The maximum atomic E-state index is 13.8. The molecule has 5 rings (SSSR count). The molecule has 0 bridgehead atoms. The summed E-state index contributed by atoms with van der Waals surface area (Å²) in [5, 5.41) is 32.0. The molecule has 184 valence electrons. The molecule has 1 amide bonds. The molecule has 4 heterocycles. The number of amides is 1. The highest BCUT2D eigenvalue weighted by Crippen LogP contribution is 2.44. The number of aryl methyl sites for hydroxylation is 1. The maximum Gasteiger partial charge on any atom is 0.260 e. The summed E-state index contributed by atoms with van der Waals surface area (Å²) in [7, 11) is 0. The van der Waals surface area contributed by atoms with Gasteiger partial charge in [0, 0.05) is 34.3 Å². The molecular formula is C26H27FN2O6. The average Bonchev–Trinajstić information content (AvgIpc) is 3.42. The summed E-state index contributed by atoms with van der Waals surface area (Å²) >= 11 is 0. The SMILES string of the molecule is CC1(C)O/C(=C2/C(=O)Nc3ccc(F)cc32)C=C1c1ccc(CCC2O[C@H](CO)[C@@H](O)[C@@H]2O)nc1. The van der Waals surface area contributed by atoms with Crippen LogP contribution in [0.15, 0.2) is 48.4 Å². The van der Waals surface area contributed by atoms with Crippen LogP contribution in [0.1, 0.15) is 37.1 Å². The van der Waals surface area contributed by atoms with Gasteiger partial charge in [-0.2, -0.15) is 0 Å². The van der Waals surface area contributed by atoms with Crippen molar-refractivity contribution in [2.75, 3.05) is 11.9 Å². The van der Waals surface area contributed by atoms with Gasteiger partial charge in [0.25, 0.3) is 5.91 Å². The number of ether oxygens (including phenoxy) is 2. The van der Waals surface area contributed by atoms with Crippen LogP contribution in [-0.4, -0.2) is 62.8 Å². The minimum absolute atomic E-state index is 0.297. The molecule has 1 aromatic carbocycles. The number of aliphatic hydroxyl groups is 3. The summed E-state index contributed by atoms with van der Waals surface area (Å²) in [5.41, 5.74) is 3.01. The molecule has 1 fully saturated rings. The lowest BCUT2D eigenvalue weighted by Gasteiger charge is -2.23. The second kappa shape index (κ2) is 8.83. The molecule has 0 saturated carbocycles. The monoisotopic (exact) mass is 482 g/mol. The number of anilines is 1. The molecule has 0 spiro atoms. The molecule has 35 heavy (non-hydrogen) atoms. The van der Waals surface area contributed by atoms with Gasteiger partial charge in [-0.1, -0.05) is 6.07 Å². The Hall–Kier alpha value is -3.11. The summed E-state index contributed by atoms with van der Waals surface area (Å²) in [6, 6.07) is 7.93. The van der Waals surface area contributed by atoms with E-state index in [0.717, 1.165) is 16.8 Å². The Morgan fingerprint density at radius 3 is 2.60 bits per heavy atom. The Morgan fingerprint density at radius 1 is 1.14 bits per heavy atom. The Balaban J connectivity index is 1.36. The number of benzene rings is 1. The van der Waals surface area contributed by atoms with E-state index in [1.54, 1.807) is 12.3 Å². The molecule has 1 aromatic heterocycles. The van der Waals surface area contributed by atoms with Crippen LogP contribution in [0, 0.1) is 5.82 Å². The van der Waals surface area contributed by atoms with Gasteiger partial charge >= 0.3 is 0 Å². The highest BCUT2D eigenvalue weighted by molar-refractivity contribution is 6.32. The summed E-state index contributed by atoms with van der Waals surface area (Å²) in [6.45, 7) is 3.43. The quantitative estimate of drug-likeness (QED) is 0.482. The molecule has 3 aliphatic rings. The second-order valence-electron chi connectivity index (χ2n) is 9.51. The number of nitrogens with one attached hydrogen (secondary N) is 1. The first-order valence-corrected chi connectivity index (χ1v) is 11.5. The summed E-state index contributed by atoms with van der Waals surface area (Å²) < 4.78 is 25.5. The van der Waals surface area contributed by atoms with E-state index >= 15 is 0 Å². The van der Waals surface area contributed by atoms with E-state index in [-0.39, 0.29) is 12.5 Å². The molecule has 4 atom stereocenters. The minimum Gasteiger partial charge on any atom is -0.482 e. The number of carbonyl (C=O) groups excluding carboxylic acids is 1. The molecule has 0 aliphatic carbocycles. The predicted octanol–water partition coefficient (Wildman–Crippen LogP) is 2.19. The zero-order chi connectivity index (χ0) is 24.9. The third kappa shape index (κ3) is 4.25. The number of hydrogen-bond donors (Lipinski definition) is 4. The molecule has 8 nitrogen and oxygen atoms in total. The van der Waals surface area contributed by atoms with Crippen LogP contribution < -0.4 is 5.32 Å². The van der Waals surface area contributed by atoms with E-state index in [0.29, 0.717) is 35.4 Å². The third-order valence-electron chi connectivity index (χ3n) is 6.72. The van der Waals surface area contributed by atoms with Crippen LogP contribution in [0.5, 0.6) is 0 Å². The molecule has 2 aromatic rings. The van der Waals surface area contributed by atoms with E-state index in [2.05, 4.69) is 10.3 Å². The van der Waals surface area contributed by atoms with Crippen molar-refractivity contribution in [3.05, 3.63) is 71.0 Å². The highest BCUT2D eigenvalue weighted by Gasteiger charge is 2.42. The average molecular weight is 483 g/mol. The van der Waals surface area contributed by atoms with Gasteiger partial charge in [-0.25, -0.2) is 4.39 Å². The van der Waals surface area contributed by atoms with E-state index < -0.39 is 35.8 Å². The molecule has 1 unspecified atom stereocenters. The standard InChI is InChI=1S/C26H27FN2O6/c1-26(2)17(10-20(35-26)22-16-9-14(27)4-7-18(16)29-25(22)33)13-3-5-15(28-11-13)6-8-19-23(31)24(32)21(12-30)34-19/h3-5,7,9-11,19,21,23-24,30-32H,6,8,12H2,1-2H3,(H,29,33)/b22-20+/t19?,21-,23-,24-/m1/s1. The number of nitrogens with zero attached hydrogens (tertiary/aromatic N) is 1. The minimum atomic E-state index is -1.11. The Bertz CT molecular complexity index is 1220. The fraction of sp³-hybridized carbons (Fsp3) is 0.385. The van der Waals surface area contributed by atoms with Crippen molar-refractivity contribution in [2.45, 2.75) is 56.7 Å². The van der Waals surface area contributed by atoms with Crippen molar-refractivity contribution in [3.8, 4) is 0 Å². The smallest absolute Gasteiger partial charge is 0.260 e. The number of rotatable bonds is 5. The van der Waals surface area contributed by atoms with Crippen molar-refractivity contribution in [1.29, 1.82) is 0 Å². The predicted molar refractivity (Wildman–Crippen MR) is 125 cm³/mol. The van der Waals surface area contributed by atoms with Crippen LogP contribution >= 0.6 is 0 Å². The van der Waals surface area contributed by atoms with Crippen molar-refractivity contribution in [1.82, 2.24) is 4.98 Å². The molecular weight excluding hydrogens is 455 g/mol. The number of fused-ring (bicyclic) bond motifs is 1. The molecule has 0 radical (unpaired) electrons.